The van der Waals surface area contributed by atoms with E-state index in [0.717, 1.165) is 18.7 Å². The molecule has 0 radical (unpaired) electrons. The van der Waals surface area contributed by atoms with Crippen molar-refractivity contribution < 1.29 is 9.90 Å². The molecule has 4 heteroatoms. The van der Waals surface area contributed by atoms with Crippen LogP contribution in [0.25, 0.3) is 0 Å². The fourth-order valence-electron chi connectivity index (χ4n) is 2.18. The lowest BCUT2D eigenvalue weighted by molar-refractivity contribution is -0.120. The number of rotatable bonds is 2. The minimum atomic E-state index is -0.0891. The first-order valence-corrected chi connectivity index (χ1v) is 5.89. The molecule has 1 aromatic carbocycles. The van der Waals surface area contributed by atoms with Gasteiger partial charge in [0, 0.05) is 12.7 Å². The number of phenolic OH excluding ortho intramolecular Hbond substituents is 1. The molecular formula is C13H18N2O2. The maximum Gasteiger partial charge on any atom is 0.244 e. The summed E-state index contributed by atoms with van der Waals surface area (Å²) < 4.78 is 0. The first-order valence-electron chi connectivity index (χ1n) is 5.89. The Bertz CT molecular complexity index is 402. The van der Waals surface area contributed by atoms with Crippen molar-refractivity contribution in [3.8, 4) is 5.75 Å². The van der Waals surface area contributed by atoms with Gasteiger partial charge >= 0.3 is 0 Å². The maximum absolute atomic E-state index is 12.2. The molecule has 0 aliphatic carbocycles. The number of benzene rings is 1. The fourth-order valence-corrected chi connectivity index (χ4v) is 2.18. The van der Waals surface area contributed by atoms with Gasteiger partial charge < -0.3 is 15.3 Å². The van der Waals surface area contributed by atoms with Gasteiger partial charge in [-0.1, -0.05) is 6.92 Å². The number of likely N-dealkylation sites (N-methyl/N-ethyl adjacent to an activating group) is 1. The number of phenols is 1. The number of aromatic hydroxyl groups is 1. The van der Waals surface area contributed by atoms with Gasteiger partial charge in [-0.3, -0.25) is 4.79 Å². The fraction of sp³-hybridized carbons (Fsp3) is 0.462. The second-order valence-corrected chi connectivity index (χ2v) is 4.61. The van der Waals surface area contributed by atoms with E-state index in [1.165, 1.54) is 0 Å². The normalized spacial score (nSPS) is 23.6. The molecule has 0 spiro atoms. The number of hydrogen-bond donors (Lipinski definition) is 2. The summed E-state index contributed by atoms with van der Waals surface area (Å²) in [5, 5.41) is 12.4. The lowest BCUT2D eigenvalue weighted by Crippen LogP contribution is -2.44. The van der Waals surface area contributed by atoms with E-state index in [1.807, 2.05) is 0 Å². The number of carbonyl (C=O) groups excluding carboxylic acids is 1. The van der Waals surface area contributed by atoms with Gasteiger partial charge in [-0.25, -0.2) is 0 Å². The van der Waals surface area contributed by atoms with Gasteiger partial charge in [0.1, 0.15) is 5.75 Å². The van der Waals surface area contributed by atoms with Crippen molar-refractivity contribution in [1.29, 1.82) is 0 Å². The summed E-state index contributed by atoms with van der Waals surface area (Å²) in [5.41, 5.74) is 0.800. The van der Waals surface area contributed by atoms with Crippen LogP contribution in [0.4, 0.5) is 5.69 Å². The third-order valence-electron chi connectivity index (χ3n) is 3.37. The van der Waals surface area contributed by atoms with Crippen LogP contribution in [0.3, 0.4) is 0 Å². The zero-order valence-electron chi connectivity index (χ0n) is 10.2. The summed E-state index contributed by atoms with van der Waals surface area (Å²) in [6.07, 6.45) is 1.04. The van der Waals surface area contributed by atoms with Crippen molar-refractivity contribution in [3.63, 3.8) is 0 Å². The van der Waals surface area contributed by atoms with Crippen LogP contribution in [0, 0.1) is 5.92 Å². The highest BCUT2D eigenvalue weighted by molar-refractivity contribution is 5.97. The standard InChI is InChI=1S/C13H18N2O2/c1-9-7-8-14-12(9)13(17)15(2)10-3-5-11(16)6-4-10/h3-6,9,12,14,16H,7-8H2,1-2H3. The van der Waals surface area contributed by atoms with Crippen LogP contribution < -0.4 is 10.2 Å². The quantitative estimate of drug-likeness (QED) is 0.812. The van der Waals surface area contributed by atoms with Gasteiger partial charge in [0.2, 0.25) is 5.91 Å². The molecule has 2 atom stereocenters. The van der Waals surface area contributed by atoms with Crippen LogP contribution in [-0.4, -0.2) is 30.6 Å². The van der Waals surface area contributed by atoms with Gasteiger partial charge in [-0.05, 0) is 43.1 Å². The second-order valence-electron chi connectivity index (χ2n) is 4.61. The Balaban J connectivity index is 2.11. The van der Waals surface area contributed by atoms with E-state index in [1.54, 1.807) is 36.2 Å². The van der Waals surface area contributed by atoms with Crippen LogP contribution in [0.1, 0.15) is 13.3 Å². The number of amides is 1. The Morgan fingerprint density at radius 1 is 1.41 bits per heavy atom. The number of carbonyl (C=O) groups is 1. The van der Waals surface area contributed by atoms with Gasteiger partial charge in [-0.2, -0.15) is 0 Å². The molecule has 92 valence electrons. The smallest absolute Gasteiger partial charge is 0.244 e. The molecule has 4 nitrogen and oxygen atoms in total. The Morgan fingerprint density at radius 3 is 2.59 bits per heavy atom. The maximum atomic E-state index is 12.2. The largest absolute Gasteiger partial charge is 0.508 e. The molecule has 2 unspecified atom stereocenters. The highest BCUT2D eigenvalue weighted by atomic mass is 16.3. The minimum Gasteiger partial charge on any atom is -0.508 e. The van der Waals surface area contributed by atoms with Gasteiger partial charge in [0.25, 0.3) is 0 Å². The first kappa shape index (κ1) is 11.9. The van der Waals surface area contributed by atoms with Gasteiger partial charge in [0.15, 0.2) is 0 Å². The molecule has 2 rings (SSSR count). The molecule has 17 heavy (non-hydrogen) atoms. The van der Waals surface area contributed by atoms with E-state index >= 15 is 0 Å². The molecular weight excluding hydrogens is 216 g/mol. The summed E-state index contributed by atoms with van der Waals surface area (Å²) in [6.45, 7) is 2.99. The highest BCUT2D eigenvalue weighted by Crippen LogP contribution is 2.21. The third-order valence-corrected chi connectivity index (χ3v) is 3.37. The van der Waals surface area contributed by atoms with Gasteiger partial charge in [-0.15, -0.1) is 0 Å². The lowest BCUT2D eigenvalue weighted by Gasteiger charge is -2.23. The molecule has 1 aliphatic rings. The molecule has 0 bridgehead atoms. The Labute approximate surface area is 101 Å². The zero-order chi connectivity index (χ0) is 12.4. The average Bonchev–Trinajstić information content (AvgIpc) is 2.74. The van der Waals surface area contributed by atoms with Crippen molar-refractivity contribution in [1.82, 2.24) is 5.32 Å². The highest BCUT2D eigenvalue weighted by Gasteiger charge is 2.31. The van der Waals surface area contributed by atoms with Crippen molar-refractivity contribution in [2.75, 3.05) is 18.5 Å². The molecule has 1 fully saturated rings. The summed E-state index contributed by atoms with van der Waals surface area (Å²) in [4.78, 5) is 13.9. The van der Waals surface area contributed by atoms with E-state index in [4.69, 9.17) is 0 Å². The van der Waals surface area contributed by atoms with Crippen LogP contribution in [0.15, 0.2) is 24.3 Å². The van der Waals surface area contributed by atoms with E-state index in [9.17, 15) is 9.90 Å². The number of nitrogens with one attached hydrogen (secondary N) is 1. The molecule has 1 saturated heterocycles. The van der Waals surface area contributed by atoms with Crippen molar-refractivity contribution in [2.45, 2.75) is 19.4 Å². The summed E-state index contributed by atoms with van der Waals surface area (Å²) in [7, 11) is 1.77. The van der Waals surface area contributed by atoms with Crippen molar-refractivity contribution in [2.24, 2.45) is 5.92 Å². The molecule has 0 saturated carbocycles. The predicted octanol–water partition coefficient (Wildman–Crippen LogP) is 1.35. The van der Waals surface area contributed by atoms with Crippen LogP contribution in [0.2, 0.25) is 0 Å². The topological polar surface area (TPSA) is 52.6 Å². The molecule has 0 aromatic heterocycles. The van der Waals surface area contributed by atoms with Crippen LogP contribution in [0.5, 0.6) is 5.75 Å². The Kier molecular flexibility index (Phi) is 3.33. The van der Waals surface area contributed by atoms with E-state index < -0.39 is 0 Å². The zero-order valence-corrected chi connectivity index (χ0v) is 10.2. The first-order chi connectivity index (χ1) is 8.09. The number of hydrogen-bond acceptors (Lipinski definition) is 3. The van der Waals surface area contributed by atoms with Crippen molar-refractivity contribution >= 4 is 11.6 Å². The molecule has 1 aromatic rings. The number of nitrogens with zero attached hydrogens (tertiary/aromatic N) is 1. The summed E-state index contributed by atoms with van der Waals surface area (Å²) >= 11 is 0. The molecule has 1 aliphatic heterocycles. The second kappa shape index (κ2) is 4.75. The predicted molar refractivity (Wildman–Crippen MR) is 67.1 cm³/mol. The van der Waals surface area contributed by atoms with Crippen LogP contribution in [-0.2, 0) is 4.79 Å². The van der Waals surface area contributed by atoms with Crippen molar-refractivity contribution in [3.05, 3.63) is 24.3 Å². The van der Waals surface area contributed by atoms with Crippen LogP contribution >= 0.6 is 0 Å². The molecule has 1 heterocycles. The molecule has 2 N–H and O–H groups in total. The average molecular weight is 234 g/mol. The van der Waals surface area contributed by atoms with E-state index in [-0.39, 0.29) is 17.7 Å². The minimum absolute atomic E-state index is 0.0840. The van der Waals surface area contributed by atoms with Gasteiger partial charge in [0.05, 0.1) is 6.04 Å². The number of anilines is 1. The lowest BCUT2D eigenvalue weighted by atomic mass is 10.0. The SMILES string of the molecule is CC1CCNC1C(=O)N(C)c1ccc(O)cc1. The summed E-state index contributed by atoms with van der Waals surface area (Å²) in [5.74, 6) is 0.671. The van der Waals surface area contributed by atoms with E-state index in [2.05, 4.69) is 12.2 Å². The Hall–Kier alpha value is -1.55. The Morgan fingerprint density at radius 2 is 2.06 bits per heavy atom. The monoisotopic (exact) mass is 234 g/mol. The molecule has 1 amide bonds. The summed E-state index contributed by atoms with van der Waals surface area (Å²) in [6, 6.07) is 6.57. The third kappa shape index (κ3) is 2.42. The van der Waals surface area contributed by atoms with E-state index in [0.29, 0.717) is 5.92 Å².